The Hall–Kier alpha value is -4.77. The van der Waals surface area contributed by atoms with Gasteiger partial charge in [0.2, 0.25) is 6.29 Å². The van der Waals surface area contributed by atoms with Gasteiger partial charge in [0.1, 0.15) is 5.58 Å². The van der Waals surface area contributed by atoms with Gasteiger partial charge in [-0.25, -0.2) is 4.90 Å². The summed E-state index contributed by atoms with van der Waals surface area (Å²) in [7, 11) is 0. The van der Waals surface area contributed by atoms with Crippen LogP contribution < -0.4 is 15.6 Å². The monoisotopic (exact) mass is 642 g/mol. The molecule has 3 heterocycles. The minimum absolute atomic E-state index is 0.0461. The molecule has 46 heavy (non-hydrogen) atoms. The van der Waals surface area contributed by atoms with Crippen molar-refractivity contribution in [1.82, 2.24) is 0 Å². The van der Waals surface area contributed by atoms with Gasteiger partial charge < -0.3 is 24.3 Å². The highest BCUT2D eigenvalue weighted by molar-refractivity contribution is 6.37. The average molecular weight is 643 g/mol. The Morgan fingerprint density at radius 1 is 1.04 bits per heavy atom. The number of carbonyl (C=O) groups excluding carboxylic acids is 3. The van der Waals surface area contributed by atoms with Gasteiger partial charge in [-0.3, -0.25) is 19.2 Å². The number of para-hydroxylation sites is 1. The highest BCUT2D eigenvalue weighted by atomic mass is 35.5. The lowest BCUT2D eigenvalue weighted by atomic mass is 9.81. The standard InChI is InChI=1S/C35H31ClN2O8/c1-3-44-35-23(8-6-14-39)25(27-18-45-29-9-5-4-7-24(29)31(27)40)17-30(46-35)32(41)37-21-11-13-28(19(2)15-21)38-33(42)22-12-10-20(36)16-26(22)34(38)43/h4-5,7,9-13,15-18,23,25,35,39H,3,6,8,14H2,1-2H3,(H,37,41)/t23-,25+,35-/m1/s1. The van der Waals surface area contributed by atoms with Crippen LogP contribution in [-0.4, -0.2) is 42.3 Å². The number of imide groups is 1. The van der Waals surface area contributed by atoms with Crippen molar-refractivity contribution in [2.24, 2.45) is 5.92 Å². The van der Waals surface area contributed by atoms with Crippen LogP contribution in [0.4, 0.5) is 11.4 Å². The van der Waals surface area contributed by atoms with E-state index in [9.17, 15) is 24.3 Å². The molecule has 0 saturated carbocycles. The number of fused-ring (bicyclic) bond motifs is 2. The van der Waals surface area contributed by atoms with Crippen LogP contribution in [0.15, 0.2) is 88.0 Å². The molecule has 0 saturated heterocycles. The van der Waals surface area contributed by atoms with Gasteiger partial charge in [0.05, 0.1) is 28.5 Å². The third kappa shape index (κ3) is 5.71. The van der Waals surface area contributed by atoms with E-state index in [1.54, 1.807) is 68.5 Å². The third-order valence-electron chi connectivity index (χ3n) is 8.25. The van der Waals surface area contributed by atoms with Gasteiger partial charge in [0.15, 0.2) is 11.2 Å². The summed E-state index contributed by atoms with van der Waals surface area (Å²) in [5.74, 6) is -2.56. The second kappa shape index (κ2) is 12.9. The maximum atomic E-state index is 13.6. The summed E-state index contributed by atoms with van der Waals surface area (Å²) in [5.41, 5.74) is 2.41. The summed E-state index contributed by atoms with van der Waals surface area (Å²) in [6.07, 6.45) is 3.04. The lowest BCUT2D eigenvalue weighted by Gasteiger charge is -2.36. The van der Waals surface area contributed by atoms with Crippen LogP contribution in [0.2, 0.25) is 5.02 Å². The molecular weight excluding hydrogens is 612 g/mol. The Kier molecular flexibility index (Phi) is 8.77. The highest BCUT2D eigenvalue weighted by Gasteiger charge is 2.40. The highest BCUT2D eigenvalue weighted by Crippen LogP contribution is 2.39. The molecule has 2 N–H and O–H groups in total. The SMILES string of the molecule is CCO[C@@H]1OC(C(=O)Nc2ccc(N3C(=O)c4ccc(Cl)cc4C3=O)c(C)c2)=C[C@H](c2coc3ccccc3c2=O)[C@H]1CCCO. The average Bonchev–Trinajstić information content (AvgIpc) is 3.29. The molecule has 11 heteroatoms. The van der Waals surface area contributed by atoms with E-state index in [2.05, 4.69) is 5.32 Å². The minimum atomic E-state index is -0.871. The number of aliphatic hydroxyl groups excluding tert-OH is 1. The first-order valence-electron chi connectivity index (χ1n) is 14.9. The van der Waals surface area contributed by atoms with Gasteiger partial charge in [-0.1, -0.05) is 23.7 Å². The van der Waals surface area contributed by atoms with Gasteiger partial charge in [-0.05, 0) is 86.9 Å². The molecule has 0 fully saturated rings. The van der Waals surface area contributed by atoms with E-state index in [0.29, 0.717) is 57.9 Å². The fourth-order valence-electron chi connectivity index (χ4n) is 6.05. The molecule has 0 radical (unpaired) electrons. The molecule has 3 aromatic carbocycles. The number of anilines is 2. The van der Waals surface area contributed by atoms with Crippen molar-refractivity contribution in [3.05, 3.63) is 116 Å². The van der Waals surface area contributed by atoms with Gasteiger partial charge in [-0.15, -0.1) is 0 Å². The zero-order valence-corrected chi connectivity index (χ0v) is 25.9. The molecule has 0 bridgehead atoms. The van der Waals surface area contributed by atoms with Gasteiger partial charge in [0, 0.05) is 41.3 Å². The van der Waals surface area contributed by atoms with Crippen LogP contribution in [0.5, 0.6) is 0 Å². The third-order valence-corrected chi connectivity index (χ3v) is 8.48. The van der Waals surface area contributed by atoms with Crippen LogP contribution in [-0.2, 0) is 14.3 Å². The Morgan fingerprint density at radius 3 is 2.59 bits per heavy atom. The second-order valence-electron chi connectivity index (χ2n) is 11.1. The van der Waals surface area contributed by atoms with E-state index < -0.39 is 29.9 Å². The van der Waals surface area contributed by atoms with Crippen molar-refractivity contribution < 1.29 is 33.4 Å². The number of carbonyl (C=O) groups is 3. The molecule has 0 unspecified atom stereocenters. The maximum Gasteiger partial charge on any atom is 0.290 e. The lowest BCUT2D eigenvalue weighted by molar-refractivity contribution is -0.165. The number of halogens is 1. The number of hydrogen-bond donors (Lipinski definition) is 2. The van der Waals surface area contributed by atoms with Crippen molar-refractivity contribution in [2.75, 3.05) is 23.4 Å². The van der Waals surface area contributed by atoms with Crippen molar-refractivity contribution >= 4 is 51.7 Å². The summed E-state index contributed by atoms with van der Waals surface area (Å²) >= 11 is 6.05. The van der Waals surface area contributed by atoms with E-state index in [1.807, 2.05) is 0 Å². The predicted octanol–water partition coefficient (Wildman–Crippen LogP) is 5.94. The van der Waals surface area contributed by atoms with Gasteiger partial charge in [-0.2, -0.15) is 0 Å². The molecular formula is C35H31ClN2O8. The number of nitrogens with one attached hydrogen (secondary N) is 1. The number of rotatable bonds is 9. The number of aryl methyl sites for hydroxylation is 1. The van der Waals surface area contributed by atoms with Gasteiger partial charge in [0.25, 0.3) is 17.7 Å². The summed E-state index contributed by atoms with van der Waals surface area (Å²) in [6.45, 7) is 3.76. The molecule has 2 aliphatic rings. The first-order chi connectivity index (χ1) is 22.2. The van der Waals surface area contributed by atoms with Crippen LogP contribution >= 0.6 is 11.6 Å². The number of benzene rings is 3. The number of amides is 3. The number of allylic oxidation sites excluding steroid dienone is 1. The summed E-state index contributed by atoms with van der Waals surface area (Å²) in [6, 6.07) is 16.3. The van der Waals surface area contributed by atoms with Crippen LogP contribution in [0, 0.1) is 12.8 Å². The Labute approximate surface area is 269 Å². The largest absolute Gasteiger partial charge is 0.464 e. The quantitative estimate of drug-likeness (QED) is 0.214. The number of aliphatic hydroxyl groups is 1. The molecule has 3 atom stereocenters. The topological polar surface area (TPSA) is 135 Å². The number of hydrogen-bond acceptors (Lipinski definition) is 8. The Bertz CT molecular complexity index is 1950. The number of nitrogens with zero attached hydrogens (tertiary/aromatic N) is 1. The minimum Gasteiger partial charge on any atom is -0.464 e. The Balaban J connectivity index is 1.30. The van der Waals surface area contributed by atoms with Crippen molar-refractivity contribution in [2.45, 2.75) is 38.9 Å². The molecule has 0 spiro atoms. The van der Waals surface area contributed by atoms with Gasteiger partial charge >= 0.3 is 0 Å². The molecule has 1 aromatic heterocycles. The van der Waals surface area contributed by atoms with Crippen molar-refractivity contribution in [3.63, 3.8) is 0 Å². The zero-order valence-electron chi connectivity index (χ0n) is 25.1. The van der Waals surface area contributed by atoms with Crippen LogP contribution in [0.1, 0.15) is 57.5 Å². The van der Waals surface area contributed by atoms with Crippen LogP contribution in [0.25, 0.3) is 11.0 Å². The van der Waals surface area contributed by atoms with E-state index >= 15 is 0 Å². The normalized spacial score (nSPS) is 19.2. The maximum absolute atomic E-state index is 13.6. The molecule has 4 aromatic rings. The van der Waals surface area contributed by atoms with E-state index in [-0.39, 0.29) is 34.8 Å². The summed E-state index contributed by atoms with van der Waals surface area (Å²) in [4.78, 5) is 54.5. The van der Waals surface area contributed by atoms with E-state index in [1.165, 1.54) is 18.4 Å². The lowest BCUT2D eigenvalue weighted by Crippen LogP contribution is -2.38. The Morgan fingerprint density at radius 2 is 1.83 bits per heavy atom. The summed E-state index contributed by atoms with van der Waals surface area (Å²) < 4.78 is 17.8. The fourth-order valence-corrected chi connectivity index (χ4v) is 6.23. The number of ether oxygens (including phenoxy) is 2. The zero-order chi connectivity index (χ0) is 32.5. The van der Waals surface area contributed by atoms with Crippen LogP contribution in [0.3, 0.4) is 0 Å². The molecule has 2 aliphatic heterocycles. The molecule has 6 rings (SSSR count). The summed E-state index contributed by atoms with van der Waals surface area (Å²) in [5, 5.41) is 13.2. The van der Waals surface area contributed by atoms with E-state index in [4.69, 9.17) is 25.5 Å². The smallest absolute Gasteiger partial charge is 0.290 e. The molecule has 236 valence electrons. The van der Waals surface area contributed by atoms with E-state index in [0.717, 1.165) is 4.90 Å². The fraction of sp³-hybridized carbons (Fsp3) is 0.257. The molecule has 0 aliphatic carbocycles. The molecule has 3 amide bonds. The molecule has 10 nitrogen and oxygen atoms in total. The first-order valence-corrected chi connectivity index (χ1v) is 15.3. The predicted molar refractivity (Wildman–Crippen MR) is 172 cm³/mol. The van der Waals surface area contributed by atoms with Crippen molar-refractivity contribution in [3.8, 4) is 0 Å². The first kappa shape index (κ1) is 31.2. The second-order valence-corrected chi connectivity index (χ2v) is 11.6. The van der Waals surface area contributed by atoms with Crippen molar-refractivity contribution in [1.29, 1.82) is 0 Å².